The Hall–Kier alpha value is -0.370. The van der Waals surface area contributed by atoms with Gasteiger partial charge in [-0.2, -0.15) is 0 Å². The minimum Gasteiger partial charge on any atom is -0.299 e. The third-order valence-electron chi connectivity index (χ3n) is 2.78. The number of carbonyl (C=O) groups is 1. The van der Waals surface area contributed by atoms with Crippen molar-refractivity contribution in [3.05, 3.63) is 0 Å². The molecule has 0 aromatic heterocycles. The summed E-state index contributed by atoms with van der Waals surface area (Å²) in [6.07, 6.45) is 0.661. The van der Waals surface area contributed by atoms with Crippen molar-refractivity contribution in [1.82, 2.24) is 4.90 Å². The van der Waals surface area contributed by atoms with E-state index >= 15 is 0 Å². The lowest BCUT2D eigenvalue weighted by atomic mass is 9.88. The lowest BCUT2D eigenvalue weighted by Crippen LogP contribution is -2.42. The van der Waals surface area contributed by atoms with Gasteiger partial charge in [0.2, 0.25) is 0 Å². The fraction of sp³-hybridized carbons (Fsp3) is 0.923. The van der Waals surface area contributed by atoms with Gasteiger partial charge in [-0.05, 0) is 27.3 Å². The summed E-state index contributed by atoms with van der Waals surface area (Å²) in [5.74, 6) is 0.352. The van der Waals surface area contributed by atoms with Crippen molar-refractivity contribution in [2.75, 3.05) is 13.1 Å². The predicted octanol–water partition coefficient (Wildman–Crippen LogP) is 3.11. The maximum atomic E-state index is 11.8. The van der Waals surface area contributed by atoms with Gasteiger partial charge in [0.15, 0.2) is 0 Å². The molecule has 0 aromatic rings. The van der Waals surface area contributed by atoms with Crippen LogP contribution in [0.4, 0.5) is 0 Å². The highest BCUT2D eigenvalue weighted by molar-refractivity contribution is 5.83. The third-order valence-corrected chi connectivity index (χ3v) is 2.78. The van der Waals surface area contributed by atoms with Gasteiger partial charge in [-0.15, -0.1) is 0 Å². The Labute approximate surface area is 95.0 Å². The van der Waals surface area contributed by atoms with Crippen LogP contribution in [0.1, 0.15) is 54.9 Å². The summed E-state index contributed by atoms with van der Waals surface area (Å²) in [4.78, 5) is 14.1. The molecule has 0 spiro atoms. The van der Waals surface area contributed by atoms with Crippen molar-refractivity contribution < 1.29 is 4.79 Å². The number of Topliss-reactive ketones (excluding diaryl/α,β-unsaturated/α-hetero) is 1. The van der Waals surface area contributed by atoms with Crippen LogP contribution in [-0.4, -0.2) is 29.3 Å². The van der Waals surface area contributed by atoms with E-state index in [1.54, 1.807) is 0 Å². The van der Waals surface area contributed by atoms with Gasteiger partial charge in [0, 0.05) is 23.9 Å². The zero-order valence-electron chi connectivity index (χ0n) is 11.5. The quantitative estimate of drug-likeness (QED) is 0.715. The Morgan fingerprint density at radius 1 is 1.07 bits per heavy atom. The first-order valence-corrected chi connectivity index (χ1v) is 5.87. The molecule has 0 fully saturated rings. The van der Waals surface area contributed by atoms with Crippen LogP contribution in [0.5, 0.6) is 0 Å². The van der Waals surface area contributed by atoms with Crippen molar-refractivity contribution in [2.45, 2.75) is 60.4 Å². The van der Waals surface area contributed by atoms with Gasteiger partial charge in [-0.1, -0.05) is 27.7 Å². The van der Waals surface area contributed by atoms with E-state index in [2.05, 4.69) is 32.6 Å². The molecule has 0 unspecified atom stereocenters. The first-order valence-electron chi connectivity index (χ1n) is 5.87. The number of rotatable bonds is 4. The fourth-order valence-electron chi connectivity index (χ4n) is 1.58. The van der Waals surface area contributed by atoms with Gasteiger partial charge in [0.05, 0.1) is 0 Å². The summed E-state index contributed by atoms with van der Waals surface area (Å²) in [6, 6.07) is 0. The summed E-state index contributed by atoms with van der Waals surface area (Å²) >= 11 is 0. The molecule has 0 rings (SSSR count). The van der Waals surface area contributed by atoms with Crippen molar-refractivity contribution >= 4 is 5.78 Å². The largest absolute Gasteiger partial charge is 0.299 e. The van der Waals surface area contributed by atoms with E-state index in [-0.39, 0.29) is 11.0 Å². The van der Waals surface area contributed by atoms with Crippen LogP contribution >= 0.6 is 0 Å². The van der Waals surface area contributed by atoms with Crippen molar-refractivity contribution in [3.63, 3.8) is 0 Å². The molecule has 0 heterocycles. The van der Waals surface area contributed by atoms with Gasteiger partial charge >= 0.3 is 0 Å². The molecular formula is C13H27NO. The van der Waals surface area contributed by atoms with Crippen LogP contribution in [0.3, 0.4) is 0 Å². The fourth-order valence-corrected chi connectivity index (χ4v) is 1.58. The number of nitrogens with zero attached hydrogens (tertiary/aromatic N) is 1. The molecule has 0 N–H and O–H groups in total. The monoisotopic (exact) mass is 213 g/mol. The van der Waals surface area contributed by atoms with Gasteiger partial charge in [0.25, 0.3) is 0 Å². The van der Waals surface area contributed by atoms with Crippen LogP contribution in [0.25, 0.3) is 0 Å². The van der Waals surface area contributed by atoms with Crippen molar-refractivity contribution in [2.24, 2.45) is 5.41 Å². The van der Waals surface area contributed by atoms with E-state index in [9.17, 15) is 4.79 Å². The molecule has 0 aliphatic carbocycles. The van der Waals surface area contributed by atoms with Crippen LogP contribution in [0, 0.1) is 5.41 Å². The van der Waals surface area contributed by atoms with Gasteiger partial charge in [0.1, 0.15) is 5.78 Å². The second kappa shape index (κ2) is 5.11. The van der Waals surface area contributed by atoms with Gasteiger partial charge < -0.3 is 0 Å². The molecule has 2 heteroatoms. The Balaban J connectivity index is 4.20. The standard InChI is InChI=1S/C13H27NO/c1-8-14(13(5,6)7)10-9-11(15)12(2,3)4/h8-10H2,1-7H3. The molecule has 0 aromatic carbocycles. The highest BCUT2D eigenvalue weighted by Crippen LogP contribution is 2.19. The number of carbonyl (C=O) groups excluding carboxylic acids is 1. The summed E-state index contributed by atoms with van der Waals surface area (Å²) in [7, 11) is 0. The molecular weight excluding hydrogens is 186 g/mol. The van der Waals surface area contributed by atoms with E-state index < -0.39 is 0 Å². The maximum absolute atomic E-state index is 11.8. The molecule has 0 aliphatic rings. The lowest BCUT2D eigenvalue weighted by molar-refractivity contribution is -0.126. The lowest BCUT2D eigenvalue weighted by Gasteiger charge is -2.35. The molecule has 0 bridgehead atoms. The van der Waals surface area contributed by atoms with Crippen LogP contribution in [0.15, 0.2) is 0 Å². The van der Waals surface area contributed by atoms with Crippen LogP contribution < -0.4 is 0 Å². The average molecular weight is 213 g/mol. The smallest absolute Gasteiger partial charge is 0.139 e. The zero-order valence-corrected chi connectivity index (χ0v) is 11.5. The van der Waals surface area contributed by atoms with E-state index in [0.29, 0.717) is 12.2 Å². The number of ketones is 1. The second-order valence-corrected chi connectivity index (χ2v) is 6.17. The molecule has 0 radical (unpaired) electrons. The SMILES string of the molecule is CCN(CCC(=O)C(C)(C)C)C(C)(C)C. The minimum absolute atomic E-state index is 0.160. The molecule has 0 saturated carbocycles. The van der Waals surface area contributed by atoms with E-state index in [1.165, 1.54) is 0 Å². The number of hydrogen-bond donors (Lipinski definition) is 0. The molecule has 90 valence electrons. The average Bonchev–Trinajstić information content (AvgIpc) is 2.00. The Kier molecular flexibility index (Phi) is 4.98. The third kappa shape index (κ3) is 5.31. The normalized spacial score (nSPS) is 13.3. The van der Waals surface area contributed by atoms with Gasteiger partial charge in [-0.3, -0.25) is 9.69 Å². The second-order valence-electron chi connectivity index (χ2n) is 6.17. The topological polar surface area (TPSA) is 20.3 Å². The molecule has 15 heavy (non-hydrogen) atoms. The molecule has 0 amide bonds. The van der Waals surface area contributed by atoms with E-state index in [4.69, 9.17) is 0 Å². The summed E-state index contributed by atoms with van der Waals surface area (Å²) in [5, 5.41) is 0. The van der Waals surface area contributed by atoms with E-state index in [1.807, 2.05) is 20.8 Å². The highest BCUT2D eigenvalue weighted by Gasteiger charge is 2.24. The van der Waals surface area contributed by atoms with Gasteiger partial charge in [-0.25, -0.2) is 0 Å². The first-order chi connectivity index (χ1) is 6.59. The van der Waals surface area contributed by atoms with E-state index in [0.717, 1.165) is 13.1 Å². The Morgan fingerprint density at radius 3 is 1.80 bits per heavy atom. The summed E-state index contributed by atoms with van der Waals surface area (Å²) in [6.45, 7) is 16.6. The maximum Gasteiger partial charge on any atom is 0.139 e. The molecule has 0 aliphatic heterocycles. The summed E-state index contributed by atoms with van der Waals surface area (Å²) in [5.41, 5.74) is -0.0375. The van der Waals surface area contributed by atoms with Crippen LogP contribution in [-0.2, 0) is 4.79 Å². The summed E-state index contributed by atoms with van der Waals surface area (Å²) < 4.78 is 0. The Morgan fingerprint density at radius 2 is 1.53 bits per heavy atom. The van der Waals surface area contributed by atoms with Crippen molar-refractivity contribution in [1.29, 1.82) is 0 Å². The zero-order chi connectivity index (χ0) is 12.3. The molecule has 0 atom stereocenters. The first kappa shape index (κ1) is 14.6. The minimum atomic E-state index is -0.197. The molecule has 2 nitrogen and oxygen atoms in total. The highest BCUT2D eigenvalue weighted by atomic mass is 16.1. The Bertz CT molecular complexity index is 208. The van der Waals surface area contributed by atoms with Crippen molar-refractivity contribution in [3.8, 4) is 0 Å². The number of hydrogen-bond acceptors (Lipinski definition) is 2. The van der Waals surface area contributed by atoms with Crippen LogP contribution in [0.2, 0.25) is 0 Å². The molecule has 0 saturated heterocycles. The predicted molar refractivity (Wildman–Crippen MR) is 66.1 cm³/mol.